The quantitative estimate of drug-likeness (QED) is 0.863. The lowest BCUT2D eigenvalue weighted by Crippen LogP contribution is -2.36. The van der Waals surface area contributed by atoms with Gasteiger partial charge in [0.1, 0.15) is 12.1 Å². The van der Waals surface area contributed by atoms with Gasteiger partial charge in [-0.15, -0.1) is 0 Å². The number of aliphatic carboxylic acids is 1. The van der Waals surface area contributed by atoms with E-state index in [0.29, 0.717) is 0 Å². The lowest BCUT2D eigenvalue weighted by Gasteiger charge is -2.19. The third-order valence-electron chi connectivity index (χ3n) is 2.37. The topological polar surface area (TPSA) is 79.7 Å². The van der Waals surface area contributed by atoms with E-state index in [9.17, 15) is 22.8 Å². The number of rotatable bonds is 6. The number of pyridine rings is 1. The van der Waals surface area contributed by atoms with Crippen LogP contribution in [0.3, 0.4) is 0 Å². The predicted octanol–water partition coefficient (Wildman–Crippen LogP) is 1.57. The van der Waals surface area contributed by atoms with E-state index in [1.807, 2.05) is 0 Å². The molecule has 0 atom stereocenters. The largest absolute Gasteiger partial charge is 0.480 e. The van der Waals surface area contributed by atoms with E-state index in [1.54, 1.807) is 6.92 Å². The minimum Gasteiger partial charge on any atom is -0.480 e. The molecular weight excluding hydrogens is 293 g/mol. The van der Waals surface area contributed by atoms with Crippen molar-refractivity contribution in [1.29, 1.82) is 0 Å². The summed E-state index contributed by atoms with van der Waals surface area (Å²) < 4.78 is 40.9. The molecule has 0 aliphatic heterocycles. The molecule has 0 saturated carbocycles. The average molecular weight is 306 g/mol. The maximum Gasteiger partial charge on any atom is 0.422 e. The lowest BCUT2D eigenvalue weighted by atomic mass is 10.2. The van der Waals surface area contributed by atoms with Crippen molar-refractivity contribution >= 4 is 11.9 Å². The molecule has 1 N–H and O–H groups in total. The second-order valence-corrected chi connectivity index (χ2v) is 3.97. The average Bonchev–Trinajstić information content (AvgIpc) is 2.41. The van der Waals surface area contributed by atoms with Gasteiger partial charge in [0, 0.05) is 12.7 Å². The molecule has 1 aromatic rings. The van der Waals surface area contributed by atoms with E-state index in [-0.39, 0.29) is 12.1 Å². The SMILES string of the molecule is CCN(CC(=O)O)C(=O)c1cccnc1OCC(F)(F)F. The van der Waals surface area contributed by atoms with Crippen molar-refractivity contribution < 1.29 is 32.6 Å². The summed E-state index contributed by atoms with van der Waals surface area (Å²) in [6.45, 7) is -0.523. The van der Waals surface area contributed by atoms with E-state index >= 15 is 0 Å². The van der Waals surface area contributed by atoms with Crippen molar-refractivity contribution in [3.63, 3.8) is 0 Å². The first kappa shape index (κ1) is 16.7. The van der Waals surface area contributed by atoms with Crippen molar-refractivity contribution in [1.82, 2.24) is 9.88 Å². The molecule has 0 saturated heterocycles. The third-order valence-corrected chi connectivity index (χ3v) is 2.37. The number of carboxylic acid groups (broad SMARTS) is 1. The molecule has 9 heteroatoms. The molecular formula is C12H13F3N2O4. The van der Waals surface area contributed by atoms with Gasteiger partial charge in [0.05, 0.1) is 0 Å². The molecule has 0 bridgehead atoms. The molecule has 116 valence electrons. The molecule has 1 aromatic heterocycles. The molecule has 0 radical (unpaired) electrons. The van der Waals surface area contributed by atoms with Gasteiger partial charge in [0.25, 0.3) is 5.91 Å². The monoisotopic (exact) mass is 306 g/mol. The van der Waals surface area contributed by atoms with Crippen LogP contribution in [0, 0.1) is 0 Å². The smallest absolute Gasteiger partial charge is 0.422 e. The third kappa shape index (κ3) is 5.28. The summed E-state index contributed by atoms with van der Waals surface area (Å²) >= 11 is 0. The van der Waals surface area contributed by atoms with E-state index in [2.05, 4.69) is 9.72 Å². The number of ether oxygens (including phenoxy) is 1. The number of hydrogen-bond donors (Lipinski definition) is 1. The fraction of sp³-hybridized carbons (Fsp3) is 0.417. The number of alkyl halides is 3. The van der Waals surface area contributed by atoms with Gasteiger partial charge in [-0.1, -0.05) is 0 Å². The van der Waals surface area contributed by atoms with Crippen LogP contribution in [0.4, 0.5) is 13.2 Å². The summed E-state index contributed by atoms with van der Waals surface area (Å²) in [7, 11) is 0. The Morgan fingerprint density at radius 1 is 1.43 bits per heavy atom. The van der Waals surface area contributed by atoms with Gasteiger partial charge >= 0.3 is 12.1 Å². The van der Waals surface area contributed by atoms with Crippen LogP contribution in [-0.2, 0) is 4.79 Å². The first-order valence-electron chi connectivity index (χ1n) is 5.90. The van der Waals surface area contributed by atoms with Crippen LogP contribution in [0.25, 0.3) is 0 Å². The van der Waals surface area contributed by atoms with Crippen molar-refractivity contribution in [2.75, 3.05) is 19.7 Å². The second kappa shape index (κ2) is 6.91. The Morgan fingerprint density at radius 3 is 2.62 bits per heavy atom. The maximum atomic E-state index is 12.1. The number of carboxylic acids is 1. The Hall–Kier alpha value is -2.32. The van der Waals surface area contributed by atoms with Crippen molar-refractivity contribution in [2.24, 2.45) is 0 Å². The molecule has 0 fully saturated rings. The number of likely N-dealkylation sites (N-methyl/N-ethyl adjacent to an activating group) is 1. The summed E-state index contributed by atoms with van der Waals surface area (Å²) in [5.74, 6) is -2.47. The Labute approximate surface area is 118 Å². The number of hydrogen-bond acceptors (Lipinski definition) is 4. The van der Waals surface area contributed by atoms with Gasteiger partial charge in [0.15, 0.2) is 6.61 Å². The summed E-state index contributed by atoms with van der Waals surface area (Å²) in [6.07, 6.45) is -3.39. The highest BCUT2D eigenvalue weighted by atomic mass is 19.4. The van der Waals surface area contributed by atoms with Crippen molar-refractivity contribution in [3.05, 3.63) is 23.9 Å². The summed E-state index contributed by atoms with van der Waals surface area (Å²) in [6, 6.07) is 2.58. The molecule has 0 aliphatic rings. The van der Waals surface area contributed by atoms with Gasteiger partial charge in [0.2, 0.25) is 5.88 Å². The van der Waals surface area contributed by atoms with E-state index < -0.39 is 37.1 Å². The van der Waals surface area contributed by atoms with E-state index in [4.69, 9.17) is 5.11 Å². The molecule has 1 rings (SSSR count). The van der Waals surface area contributed by atoms with Crippen LogP contribution in [0.5, 0.6) is 5.88 Å². The van der Waals surface area contributed by atoms with Crippen molar-refractivity contribution in [3.8, 4) is 5.88 Å². The van der Waals surface area contributed by atoms with Crippen LogP contribution in [0.1, 0.15) is 17.3 Å². The molecule has 1 amide bonds. The summed E-state index contributed by atoms with van der Waals surface area (Å²) in [5, 5.41) is 8.70. The Bertz CT molecular complexity index is 519. The maximum absolute atomic E-state index is 12.1. The van der Waals surface area contributed by atoms with E-state index in [0.717, 1.165) is 4.90 Å². The standard InChI is InChI=1S/C12H13F3N2O4/c1-2-17(6-9(18)19)11(20)8-4-3-5-16-10(8)21-7-12(13,14)15/h3-5H,2,6-7H2,1H3,(H,18,19). The zero-order chi connectivity index (χ0) is 16.0. The van der Waals surface area contributed by atoms with Gasteiger partial charge in [-0.3, -0.25) is 9.59 Å². The van der Waals surface area contributed by atoms with Crippen LogP contribution in [0.2, 0.25) is 0 Å². The Morgan fingerprint density at radius 2 is 2.10 bits per heavy atom. The number of carbonyl (C=O) groups is 2. The summed E-state index contributed by atoms with van der Waals surface area (Å²) in [4.78, 5) is 27.3. The highest BCUT2D eigenvalue weighted by Crippen LogP contribution is 2.21. The number of halogens is 3. The highest BCUT2D eigenvalue weighted by Gasteiger charge is 2.30. The number of amides is 1. The predicted molar refractivity (Wildman–Crippen MR) is 65.0 cm³/mol. The van der Waals surface area contributed by atoms with Crippen LogP contribution in [-0.4, -0.2) is 52.7 Å². The summed E-state index contributed by atoms with van der Waals surface area (Å²) in [5.41, 5.74) is -0.218. The molecule has 0 unspecified atom stereocenters. The Balaban J connectivity index is 2.95. The van der Waals surface area contributed by atoms with Crippen LogP contribution < -0.4 is 4.74 Å². The molecule has 6 nitrogen and oxygen atoms in total. The zero-order valence-corrected chi connectivity index (χ0v) is 11.1. The number of carbonyl (C=O) groups excluding carboxylic acids is 1. The minimum atomic E-state index is -4.57. The van der Waals surface area contributed by atoms with Gasteiger partial charge < -0.3 is 14.7 Å². The first-order chi connectivity index (χ1) is 9.74. The molecule has 21 heavy (non-hydrogen) atoms. The zero-order valence-electron chi connectivity index (χ0n) is 11.1. The van der Waals surface area contributed by atoms with Gasteiger partial charge in [-0.2, -0.15) is 13.2 Å². The molecule has 0 aliphatic carbocycles. The van der Waals surface area contributed by atoms with Gasteiger partial charge in [-0.05, 0) is 19.1 Å². The normalized spacial score (nSPS) is 11.0. The van der Waals surface area contributed by atoms with Crippen LogP contribution >= 0.6 is 0 Å². The highest BCUT2D eigenvalue weighted by molar-refractivity contribution is 5.97. The molecule has 0 spiro atoms. The molecule has 0 aromatic carbocycles. The van der Waals surface area contributed by atoms with Gasteiger partial charge in [-0.25, -0.2) is 4.98 Å². The number of nitrogens with zero attached hydrogens (tertiary/aromatic N) is 2. The van der Waals surface area contributed by atoms with E-state index in [1.165, 1.54) is 18.3 Å². The fourth-order valence-electron chi connectivity index (χ4n) is 1.48. The first-order valence-corrected chi connectivity index (χ1v) is 5.90. The lowest BCUT2D eigenvalue weighted by molar-refractivity contribution is -0.154. The van der Waals surface area contributed by atoms with Crippen LogP contribution in [0.15, 0.2) is 18.3 Å². The second-order valence-electron chi connectivity index (χ2n) is 3.97. The van der Waals surface area contributed by atoms with Crippen molar-refractivity contribution in [2.45, 2.75) is 13.1 Å². The fourth-order valence-corrected chi connectivity index (χ4v) is 1.48. The Kier molecular flexibility index (Phi) is 5.51. The number of aromatic nitrogens is 1. The molecule has 1 heterocycles. The minimum absolute atomic E-state index is 0.0821.